The van der Waals surface area contributed by atoms with Gasteiger partial charge in [0, 0.05) is 62.9 Å². The van der Waals surface area contributed by atoms with Gasteiger partial charge in [0.2, 0.25) is 5.91 Å². The SMILES string of the molecule is CN=C(NCCNC(=O)C(C)C)N1CCN(c2cc(Cl)ccc2C)CC1. The van der Waals surface area contributed by atoms with Crippen molar-refractivity contribution in [3.63, 3.8) is 0 Å². The number of halogens is 1. The number of guanidine groups is 1. The summed E-state index contributed by atoms with van der Waals surface area (Å²) < 4.78 is 0. The zero-order valence-corrected chi connectivity index (χ0v) is 16.9. The highest BCUT2D eigenvalue weighted by molar-refractivity contribution is 6.30. The van der Waals surface area contributed by atoms with Crippen LogP contribution in [0.5, 0.6) is 0 Å². The van der Waals surface area contributed by atoms with E-state index in [-0.39, 0.29) is 11.8 Å². The van der Waals surface area contributed by atoms with Gasteiger partial charge in [0.25, 0.3) is 0 Å². The third-order valence-corrected chi connectivity index (χ3v) is 4.77. The monoisotopic (exact) mass is 379 g/mol. The summed E-state index contributed by atoms with van der Waals surface area (Å²) in [6, 6.07) is 6.04. The third-order valence-electron chi connectivity index (χ3n) is 4.53. The first kappa shape index (κ1) is 20.4. The van der Waals surface area contributed by atoms with Crippen LogP contribution in [0.1, 0.15) is 19.4 Å². The van der Waals surface area contributed by atoms with Crippen LogP contribution in [0.25, 0.3) is 0 Å². The van der Waals surface area contributed by atoms with E-state index in [1.807, 2.05) is 26.0 Å². The molecule has 0 spiro atoms. The van der Waals surface area contributed by atoms with E-state index in [1.165, 1.54) is 11.3 Å². The highest BCUT2D eigenvalue weighted by atomic mass is 35.5. The second-order valence-electron chi connectivity index (χ2n) is 6.82. The van der Waals surface area contributed by atoms with Gasteiger partial charge in [0.05, 0.1) is 0 Å². The molecule has 0 aliphatic carbocycles. The van der Waals surface area contributed by atoms with E-state index in [0.29, 0.717) is 13.1 Å². The first-order chi connectivity index (χ1) is 12.4. The summed E-state index contributed by atoms with van der Waals surface area (Å²) in [6.45, 7) is 10.8. The quantitative estimate of drug-likeness (QED) is 0.467. The number of nitrogens with one attached hydrogen (secondary N) is 2. The Morgan fingerprint density at radius 2 is 1.85 bits per heavy atom. The van der Waals surface area contributed by atoms with Crippen LogP contribution in [0.3, 0.4) is 0 Å². The van der Waals surface area contributed by atoms with E-state index in [1.54, 1.807) is 7.05 Å². The molecule has 1 aromatic rings. The van der Waals surface area contributed by atoms with Crippen LogP contribution in [0.4, 0.5) is 5.69 Å². The standard InChI is InChI=1S/C19H30ClN5O/c1-14(2)18(26)22-7-8-23-19(21-4)25-11-9-24(10-12-25)17-13-16(20)6-5-15(17)3/h5-6,13-14H,7-12H2,1-4H3,(H,21,23)(H,22,26). The average molecular weight is 380 g/mol. The summed E-state index contributed by atoms with van der Waals surface area (Å²) >= 11 is 6.15. The lowest BCUT2D eigenvalue weighted by Crippen LogP contribution is -2.53. The molecule has 0 atom stereocenters. The minimum Gasteiger partial charge on any atom is -0.368 e. The van der Waals surface area contributed by atoms with Crippen LogP contribution >= 0.6 is 11.6 Å². The molecular weight excluding hydrogens is 350 g/mol. The Balaban J connectivity index is 1.82. The van der Waals surface area contributed by atoms with Gasteiger partial charge >= 0.3 is 0 Å². The van der Waals surface area contributed by atoms with Crippen molar-refractivity contribution in [3.8, 4) is 0 Å². The molecule has 1 heterocycles. The van der Waals surface area contributed by atoms with E-state index >= 15 is 0 Å². The van der Waals surface area contributed by atoms with Crippen LogP contribution in [0, 0.1) is 12.8 Å². The number of nitrogens with zero attached hydrogens (tertiary/aromatic N) is 3. The lowest BCUT2D eigenvalue weighted by atomic mass is 10.1. The van der Waals surface area contributed by atoms with Crippen LogP contribution in [-0.4, -0.2) is 63.1 Å². The van der Waals surface area contributed by atoms with Crippen molar-refractivity contribution in [1.29, 1.82) is 0 Å². The van der Waals surface area contributed by atoms with Gasteiger partial charge in [-0.05, 0) is 24.6 Å². The maximum atomic E-state index is 11.6. The highest BCUT2D eigenvalue weighted by Gasteiger charge is 2.20. The Kier molecular flexibility index (Phi) is 7.57. The smallest absolute Gasteiger partial charge is 0.222 e. The van der Waals surface area contributed by atoms with Crippen molar-refractivity contribution in [2.45, 2.75) is 20.8 Å². The molecule has 2 rings (SSSR count). The van der Waals surface area contributed by atoms with Crippen LogP contribution < -0.4 is 15.5 Å². The number of piperazine rings is 1. The number of carbonyl (C=O) groups is 1. The molecule has 6 nitrogen and oxygen atoms in total. The topological polar surface area (TPSA) is 60.0 Å². The van der Waals surface area contributed by atoms with Crippen molar-refractivity contribution in [2.24, 2.45) is 10.9 Å². The predicted molar refractivity (Wildman–Crippen MR) is 109 cm³/mol. The van der Waals surface area contributed by atoms with Gasteiger partial charge in [-0.2, -0.15) is 0 Å². The molecular formula is C19H30ClN5O. The molecule has 2 N–H and O–H groups in total. The lowest BCUT2D eigenvalue weighted by Gasteiger charge is -2.38. The number of aryl methyl sites for hydroxylation is 1. The summed E-state index contributed by atoms with van der Waals surface area (Å²) in [5, 5.41) is 7.01. The molecule has 7 heteroatoms. The zero-order chi connectivity index (χ0) is 19.1. The van der Waals surface area contributed by atoms with Crippen molar-refractivity contribution in [2.75, 3.05) is 51.2 Å². The molecule has 1 aliphatic rings. The number of benzene rings is 1. The number of amides is 1. The molecule has 1 amide bonds. The van der Waals surface area contributed by atoms with Gasteiger partial charge in [-0.1, -0.05) is 31.5 Å². The fourth-order valence-electron chi connectivity index (χ4n) is 2.98. The third kappa shape index (κ3) is 5.53. The minimum absolute atomic E-state index is 0.0114. The van der Waals surface area contributed by atoms with Crippen molar-refractivity contribution in [3.05, 3.63) is 28.8 Å². The average Bonchev–Trinajstić information content (AvgIpc) is 2.64. The van der Waals surface area contributed by atoms with Crippen LogP contribution in [0.15, 0.2) is 23.2 Å². The molecule has 0 unspecified atom stereocenters. The van der Waals surface area contributed by atoms with Crippen molar-refractivity contribution in [1.82, 2.24) is 15.5 Å². The molecule has 0 saturated carbocycles. The molecule has 1 aromatic carbocycles. The fourth-order valence-corrected chi connectivity index (χ4v) is 3.15. The fraction of sp³-hybridized carbons (Fsp3) is 0.579. The maximum absolute atomic E-state index is 11.6. The molecule has 1 fully saturated rings. The summed E-state index contributed by atoms with van der Waals surface area (Å²) in [5.74, 6) is 0.968. The van der Waals surface area contributed by atoms with Gasteiger partial charge in [0.1, 0.15) is 0 Å². The second kappa shape index (κ2) is 9.67. The molecule has 26 heavy (non-hydrogen) atoms. The van der Waals surface area contributed by atoms with E-state index in [9.17, 15) is 4.79 Å². The van der Waals surface area contributed by atoms with E-state index < -0.39 is 0 Å². The van der Waals surface area contributed by atoms with Gasteiger partial charge in [-0.15, -0.1) is 0 Å². The Morgan fingerprint density at radius 1 is 1.19 bits per heavy atom. The molecule has 1 aliphatic heterocycles. The first-order valence-corrected chi connectivity index (χ1v) is 9.54. The summed E-state index contributed by atoms with van der Waals surface area (Å²) in [6.07, 6.45) is 0. The first-order valence-electron chi connectivity index (χ1n) is 9.16. The van der Waals surface area contributed by atoms with Crippen molar-refractivity contribution >= 4 is 29.2 Å². The molecule has 0 bridgehead atoms. The number of carbonyl (C=O) groups excluding carboxylic acids is 1. The molecule has 144 valence electrons. The normalized spacial score (nSPS) is 15.4. The van der Waals surface area contributed by atoms with Gasteiger partial charge in [-0.25, -0.2) is 0 Å². The number of rotatable bonds is 5. The van der Waals surface area contributed by atoms with Crippen LogP contribution in [0.2, 0.25) is 5.02 Å². The number of hydrogen-bond acceptors (Lipinski definition) is 3. The molecule has 1 saturated heterocycles. The summed E-state index contributed by atoms with van der Waals surface area (Å²) in [4.78, 5) is 20.6. The zero-order valence-electron chi connectivity index (χ0n) is 16.2. The molecule has 0 radical (unpaired) electrons. The Hall–Kier alpha value is -1.95. The van der Waals surface area contributed by atoms with Crippen molar-refractivity contribution < 1.29 is 4.79 Å². The summed E-state index contributed by atoms with van der Waals surface area (Å²) in [5.41, 5.74) is 2.45. The second-order valence-corrected chi connectivity index (χ2v) is 7.26. The van der Waals surface area contributed by atoms with E-state index in [0.717, 1.165) is 37.2 Å². The Morgan fingerprint density at radius 3 is 2.46 bits per heavy atom. The lowest BCUT2D eigenvalue weighted by molar-refractivity contribution is -0.123. The number of aliphatic imine (C=N–C) groups is 1. The van der Waals surface area contributed by atoms with Gasteiger partial charge < -0.3 is 20.4 Å². The minimum atomic E-state index is 0.0114. The summed E-state index contributed by atoms with van der Waals surface area (Å²) in [7, 11) is 1.79. The van der Waals surface area contributed by atoms with E-state index in [2.05, 4.69) is 38.4 Å². The van der Waals surface area contributed by atoms with Gasteiger partial charge in [-0.3, -0.25) is 9.79 Å². The van der Waals surface area contributed by atoms with Gasteiger partial charge in [0.15, 0.2) is 5.96 Å². The number of hydrogen-bond donors (Lipinski definition) is 2. The van der Waals surface area contributed by atoms with E-state index in [4.69, 9.17) is 11.6 Å². The largest absolute Gasteiger partial charge is 0.368 e. The predicted octanol–water partition coefficient (Wildman–Crippen LogP) is 2.12. The highest BCUT2D eigenvalue weighted by Crippen LogP contribution is 2.25. The Labute approximate surface area is 161 Å². The maximum Gasteiger partial charge on any atom is 0.222 e. The number of anilines is 1. The van der Waals surface area contributed by atoms with Crippen LogP contribution in [-0.2, 0) is 4.79 Å². The molecule has 0 aromatic heterocycles. The Bertz CT molecular complexity index is 639.